The monoisotopic (exact) mass is 537 g/mol. The molecule has 0 radical (unpaired) electrons. The third-order valence-corrected chi connectivity index (χ3v) is 8.05. The lowest BCUT2D eigenvalue weighted by Crippen LogP contribution is -2.15. The van der Waals surface area contributed by atoms with Crippen molar-refractivity contribution < 1.29 is 36.8 Å². The molecule has 10 heteroatoms. The molecule has 1 fully saturated rings. The molecule has 3 rings (SSSR count). The van der Waals surface area contributed by atoms with Gasteiger partial charge in [-0.15, -0.1) is 0 Å². The van der Waals surface area contributed by atoms with Crippen LogP contribution in [0.15, 0.2) is 29.2 Å². The van der Waals surface area contributed by atoms with Crippen molar-refractivity contribution in [1.82, 2.24) is 0 Å². The van der Waals surface area contributed by atoms with Crippen LogP contribution in [-0.2, 0) is 14.6 Å². The van der Waals surface area contributed by atoms with Crippen LogP contribution in [0.3, 0.4) is 0 Å². The van der Waals surface area contributed by atoms with Crippen LogP contribution in [0.1, 0.15) is 62.9 Å². The minimum Gasteiger partial charge on any atom is -0.493 e. The van der Waals surface area contributed by atoms with E-state index in [1.54, 1.807) is 27.4 Å². The molecular weight excluding hydrogens is 498 g/mol. The Bertz CT molecular complexity index is 1130. The number of ether oxygens (including phenoxy) is 6. The van der Waals surface area contributed by atoms with Crippen LogP contribution in [0.4, 0.5) is 0 Å². The van der Waals surface area contributed by atoms with E-state index < -0.39 is 9.84 Å². The summed E-state index contributed by atoms with van der Waals surface area (Å²) in [5.41, 5.74) is 7.28. The van der Waals surface area contributed by atoms with Crippen molar-refractivity contribution in [2.45, 2.75) is 56.6 Å². The van der Waals surface area contributed by atoms with E-state index in [9.17, 15) is 8.42 Å². The van der Waals surface area contributed by atoms with Gasteiger partial charge in [0.25, 0.3) is 0 Å². The predicted molar refractivity (Wildman–Crippen MR) is 141 cm³/mol. The second kappa shape index (κ2) is 13.2. The average molecular weight is 538 g/mol. The first-order valence-corrected chi connectivity index (χ1v) is 14.3. The molecule has 9 nitrogen and oxygen atoms in total. The quantitative estimate of drug-likeness (QED) is 0.369. The normalized spacial score (nSPS) is 17.5. The summed E-state index contributed by atoms with van der Waals surface area (Å²) in [6, 6.07) is 7.24. The number of hydrogen-bond acceptors (Lipinski definition) is 9. The first-order chi connectivity index (χ1) is 17.8. The molecule has 1 saturated heterocycles. The van der Waals surface area contributed by atoms with Gasteiger partial charge in [-0.25, -0.2) is 8.42 Å². The highest BCUT2D eigenvalue weighted by Gasteiger charge is 2.32. The molecule has 2 atom stereocenters. The van der Waals surface area contributed by atoms with Gasteiger partial charge in [-0.2, -0.15) is 0 Å². The number of hydrogen-bond donors (Lipinski definition) is 1. The van der Waals surface area contributed by atoms with Gasteiger partial charge < -0.3 is 34.2 Å². The van der Waals surface area contributed by atoms with Crippen LogP contribution in [-0.4, -0.2) is 55.3 Å². The summed E-state index contributed by atoms with van der Waals surface area (Å²) in [6.07, 6.45) is 2.07. The summed E-state index contributed by atoms with van der Waals surface area (Å²) in [6.45, 7) is 4.69. The highest BCUT2D eigenvalue weighted by molar-refractivity contribution is 7.91. The molecule has 0 aromatic heterocycles. The van der Waals surface area contributed by atoms with E-state index in [-0.39, 0.29) is 41.8 Å². The lowest BCUT2D eigenvalue weighted by molar-refractivity contribution is 0.0435. The molecular formula is C27H39NO8S. The maximum Gasteiger partial charge on any atom is 0.203 e. The Morgan fingerprint density at radius 2 is 1.41 bits per heavy atom. The molecule has 0 spiro atoms. The van der Waals surface area contributed by atoms with Crippen molar-refractivity contribution in [3.05, 3.63) is 35.4 Å². The van der Waals surface area contributed by atoms with Crippen LogP contribution < -0.4 is 29.4 Å². The molecule has 0 bridgehead atoms. The number of nitrogens with two attached hydrogens (primary N) is 1. The van der Waals surface area contributed by atoms with Gasteiger partial charge in [-0.05, 0) is 61.1 Å². The molecule has 1 heterocycles. The van der Waals surface area contributed by atoms with Crippen LogP contribution in [0.25, 0.3) is 0 Å². The number of methoxy groups -OCH3 is 3. The summed E-state index contributed by atoms with van der Waals surface area (Å²) in [5.74, 6) is 2.23. The third kappa shape index (κ3) is 6.61. The molecule has 1 aliphatic rings. The Morgan fingerprint density at radius 3 is 1.92 bits per heavy atom. The van der Waals surface area contributed by atoms with Crippen LogP contribution in [0.5, 0.6) is 28.7 Å². The largest absolute Gasteiger partial charge is 0.493 e. The number of rotatable bonds is 14. The zero-order valence-corrected chi connectivity index (χ0v) is 23.2. The summed E-state index contributed by atoms with van der Waals surface area (Å²) in [5, 5.41) is 0. The highest BCUT2D eigenvalue weighted by Crippen LogP contribution is 2.48. The van der Waals surface area contributed by atoms with E-state index in [0.29, 0.717) is 42.4 Å². The van der Waals surface area contributed by atoms with E-state index in [0.717, 1.165) is 24.0 Å². The van der Waals surface area contributed by atoms with Gasteiger partial charge in [0.15, 0.2) is 32.8 Å². The van der Waals surface area contributed by atoms with Crippen molar-refractivity contribution in [3.63, 3.8) is 0 Å². The SMILES string of the molecule is CCCOc1c(OCCN)cc(C2CCC(c3cc(OC)c(OC)c(OC)c3)O2)cc1S(=O)(=O)CCC. The van der Waals surface area contributed by atoms with Crippen molar-refractivity contribution in [3.8, 4) is 28.7 Å². The lowest BCUT2D eigenvalue weighted by Gasteiger charge is -2.21. The Balaban J connectivity index is 2.01. The molecule has 1 aliphatic heterocycles. The van der Waals surface area contributed by atoms with Crippen LogP contribution in [0.2, 0.25) is 0 Å². The predicted octanol–water partition coefficient (Wildman–Crippen LogP) is 4.62. The standard InChI is InChI=1S/C27H39NO8S/c1-6-11-35-27-24(34-12-10-28)16-19(17-25(27)37(29,30)13-7-2)21-9-8-20(36-21)18-14-22(31-3)26(33-5)23(15-18)32-4/h14-17,20-21H,6-13,28H2,1-5H3. The van der Waals surface area contributed by atoms with Crippen molar-refractivity contribution in [2.24, 2.45) is 5.73 Å². The molecule has 0 amide bonds. The molecule has 2 aromatic rings. The molecule has 2 aromatic carbocycles. The minimum atomic E-state index is -3.60. The second-order valence-corrected chi connectivity index (χ2v) is 10.9. The lowest BCUT2D eigenvalue weighted by atomic mass is 10.0. The fraction of sp³-hybridized carbons (Fsp3) is 0.556. The van der Waals surface area contributed by atoms with E-state index >= 15 is 0 Å². The number of sulfone groups is 1. The van der Waals surface area contributed by atoms with Crippen LogP contribution in [0, 0.1) is 0 Å². The van der Waals surface area contributed by atoms with E-state index in [1.165, 1.54) is 0 Å². The summed E-state index contributed by atoms with van der Waals surface area (Å²) in [7, 11) is 1.10. The summed E-state index contributed by atoms with van der Waals surface area (Å²) >= 11 is 0. The molecule has 206 valence electrons. The maximum absolute atomic E-state index is 13.3. The van der Waals surface area contributed by atoms with Crippen molar-refractivity contribution >= 4 is 9.84 Å². The average Bonchev–Trinajstić information content (AvgIpc) is 3.40. The van der Waals surface area contributed by atoms with Gasteiger partial charge in [0.1, 0.15) is 11.5 Å². The first kappa shape index (κ1) is 28.9. The van der Waals surface area contributed by atoms with Crippen molar-refractivity contribution in [2.75, 3.05) is 46.8 Å². The summed E-state index contributed by atoms with van der Waals surface area (Å²) in [4.78, 5) is 0.132. The highest BCUT2D eigenvalue weighted by atomic mass is 32.2. The Labute approximate surface area is 220 Å². The molecule has 2 N–H and O–H groups in total. The molecule has 0 aliphatic carbocycles. The van der Waals surface area contributed by atoms with Gasteiger partial charge >= 0.3 is 0 Å². The van der Waals surface area contributed by atoms with Crippen molar-refractivity contribution in [1.29, 1.82) is 0 Å². The van der Waals surface area contributed by atoms with E-state index in [4.69, 9.17) is 34.2 Å². The topological polar surface area (TPSA) is 116 Å². The molecule has 0 saturated carbocycles. The number of benzene rings is 2. The van der Waals surface area contributed by atoms with Gasteiger partial charge in [0.2, 0.25) is 5.75 Å². The zero-order chi connectivity index (χ0) is 27.0. The second-order valence-electron chi connectivity index (χ2n) is 8.80. The molecule has 2 unspecified atom stereocenters. The zero-order valence-electron chi connectivity index (χ0n) is 22.4. The molecule has 37 heavy (non-hydrogen) atoms. The smallest absolute Gasteiger partial charge is 0.203 e. The van der Waals surface area contributed by atoms with E-state index in [1.807, 2.05) is 32.0 Å². The Kier molecular flexibility index (Phi) is 10.3. The third-order valence-electron chi connectivity index (χ3n) is 6.13. The van der Waals surface area contributed by atoms with Gasteiger partial charge in [-0.3, -0.25) is 0 Å². The summed E-state index contributed by atoms with van der Waals surface area (Å²) < 4.78 is 61.2. The van der Waals surface area contributed by atoms with Gasteiger partial charge in [0, 0.05) is 6.54 Å². The minimum absolute atomic E-state index is 0.00878. The maximum atomic E-state index is 13.3. The Morgan fingerprint density at radius 1 is 0.811 bits per heavy atom. The van der Waals surface area contributed by atoms with Crippen LogP contribution >= 0.6 is 0 Å². The Hall–Kier alpha value is -2.69. The van der Waals surface area contributed by atoms with Gasteiger partial charge in [0.05, 0.1) is 45.9 Å². The first-order valence-electron chi connectivity index (χ1n) is 12.6. The fourth-order valence-electron chi connectivity index (χ4n) is 4.43. The van der Waals surface area contributed by atoms with E-state index in [2.05, 4.69) is 0 Å². The fourth-order valence-corrected chi connectivity index (χ4v) is 5.94. The van der Waals surface area contributed by atoms with Gasteiger partial charge in [-0.1, -0.05) is 13.8 Å².